The summed E-state index contributed by atoms with van der Waals surface area (Å²) in [5.41, 5.74) is 1.61. The van der Waals surface area contributed by atoms with E-state index in [-0.39, 0.29) is 6.04 Å². The smallest absolute Gasteiger partial charge is 0.151 e. The summed E-state index contributed by atoms with van der Waals surface area (Å²) in [6.07, 6.45) is 4.12. The molecule has 1 atom stereocenters. The number of pyridine rings is 1. The largest absolute Gasteiger partial charge is 0.378 e. The van der Waals surface area contributed by atoms with Crippen molar-refractivity contribution in [1.29, 1.82) is 0 Å². The summed E-state index contributed by atoms with van der Waals surface area (Å²) in [5, 5.41) is 3.31. The maximum Gasteiger partial charge on any atom is 0.151 e. The predicted molar refractivity (Wildman–Crippen MR) is 51.2 cm³/mol. The van der Waals surface area contributed by atoms with E-state index in [1.54, 1.807) is 12.4 Å². The van der Waals surface area contributed by atoms with Crippen LogP contribution in [-0.4, -0.2) is 31.0 Å². The number of aldehydes is 1. The highest BCUT2D eigenvalue weighted by Gasteiger charge is 2.15. The number of carbonyl (C=O) groups is 1. The molecule has 1 aromatic rings. The van der Waals surface area contributed by atoms with Crippen LogP contribution in [0.2, 0.25) is 0 Å². The molecule has 0 saturated carbocycles. The highest BCUT2D eigenvalue weighted by molar-refractivity contribution is 5.74. The van der Waals surface area contributed by atoms with Crippen LogP contribution >= 0.6 is 0 Å². The second-order valence-corrected chi connectivity index (χ2v) is 3.25. The molecular formula is C10H12N2O2. The maximum atomic E-state index is 10.5. The van der Waals surface area contributed by atoms with Crippen molar-refractivity contribution in [2.24, 2.45) is 0 Å². The molecule has 1 aromatic heterocycles. The Labute approximate surface area is 82.3 Å². The standard InChI is InChI=1S/C10H12N2O2/c13-6-8-3-9(5-11-4-8)10-7-14-2-1-12-10/h3-6,10,12H,1-2,7H2/t10-/m1/s1. The average Bonchev–Trinajstić information content (AvgIpc) is 2.30. The molecule has 0 unspecified atom stereocenters. The van der Waals surface area contributed by atoms with Crippen LogP contribution in [0.3, 0.4) is 0 Å². The minimum Gasteiger partial charge on any atom is -0.378 e. The number of hydrogen-bond acceptors (Lipinski definition) is 4. The van der Waals surface area contributed by atoms with Gasteiger partial charge in [0, 0.05) is 24.5 Å². The molecule has 0 bridgehead atoms. The quantitative estimate of drug-likeness (QED) is 0.695. The average molecular weight is 192 g/mol. The zero-order valence-corrected chi connectivity index (χ0v) is 7.77. The normalized spacial score (nSPS) is 21.9. The molecule has 1 fully saturated rings. The SMILES string of the molecule is O=Cc1cncc([C@H]2COCCN2)c1. The molecular weight excluding hydrogens is 180 g/mol. The van der Waals surface area contributed by atoms with Gasteiger partial charge in [0.15, 0.2) is 6.29 Å². The van der Waals surface area contributed by atoms with E-state index in [0.29, 0.717) is 12.2 Å². The Balaban J connectivity index is 2.17. The minimum absolute atomic E-state index is 0.163. The van der Waals surface area contributed by atoms with Gasteiger partial charge >= 0.3 is 0 Å². The number of ether oxygens (including phenoxy) is 1. The van der Waals surface area contributed by atoms with Gasteiger partial charge in [-0.3, -0.25) is 9.78 Å². The molecule has 2 rings (SSSR count). The number of nitrogens with zero attached hydrogens (tertiary/aromatic N) is 1. The van der Waals surface area contributed by atoms with Gasteiger partial charge in [-0.1, -0.05) is 0 Å². The molecule has 0 aromatic carbocycles. The molecule has 1 N–H and O–H groups in total. The van der Waals surface area contributed by atoms with Gasteiger partial charge < -0.3 is 10.1 Å². The lowest BCUT2D eigenvalue weighted by molar-refractivity contribution is 0.0767. The van der Waals surface area contributed by atoms with Crippen molar-refractivity contribution in [3.05, 3.63) is 29.6 Å². The number of morpholine rings is 1. The van der Waals surface area contributed by atoms with Crippen LogP contribution in [0, 0.1) is 0 Å². The second kappa shape index (κ2) is 4.30. The van der Waals surface area contributed by atoms with Crippen LogP contribution in [-0.2, 0) is 4.74 Å². The first kappa shape index (κ1) is 9.30. The van der Waals surface area contributed by atoms with Crippen molar-refractivity contribution < 1.29 is 9.53 Å². The topological polar surface area (TPSA) is 51.2 Å². The molecule has 1 aliphatic heterocycles. The van der Waals surface area contributed by atoms with Crippen molar-refractivity contribution in [2.45, 2.75) is 6.04 Å². The van der Waals surface area contributed by atoms with E-state index in [1.165, 1.54) is 0 Å². The minimum atomic E-state index is 0.163. The summed E-state index contributed by atoms with van der Waals surface area (Å²) in [7, 11) is 0. The fraction of sp³-hybridized carbons (Fsp3) is 0.400. The third-order valence-corrected chi connectivity index (χ3v) is 2.24. The predicted octanol–water partition coefficient (Wildman–Crippen LogP) is 0.555. The van der Waals surface area contributed by atoms with E-state index in [1.807, 2.05) is 6.07 Å². The monoisotopic (exact) mass is 192 g/mol. The highest BCUT2D eigenvalue weighted by Crippen LogP contribution is 2.15. The van der Waals surface area contributed by atoms with Crippen molar-refractivity contribution in [3.8, 4) is 0 Å². The molecule has 0 amide bonds. The van der Waals surface area contributed by atoms with Gasteiger partial charge in [-0.25, -0.2) is 0 Å². The Morgan fingerprint density at radius 2 is 2.50 bits per heavy atom. The fourth-order valence-electron chi connectivity index (χ4n) is 1.51. The summed E-state index contributed by atoms with van der Waals surface area (Å²) >= 11 is 0. The Kier molecular flexibility index (Phi) is 2.86. The summed E-state index contributed by atoms with van der Waals surface area (Å²) in [6, 6.07) is 2.00. The van der Waals surface area contributed by atoms with E-state index in [2.05, 4.69) is 10.3 Å². The molecule has 14 heavy (non-hydrogen) atoms. The summed E-state index contributed by atoms with van der Waals surface area (Å²) in [6.45, 7) is 2.23. The van der Waals surface area contributed by atoms with Gasteiger partial charge in [-0.15, -0.1) is 0 Å². The van der Waals surface area contributed by atoms with E-state index in [9.17, 15) is 4.79 Å². The van der Waals surface area contributed by atoms with Gasteiger partial charge in [-0.05, 0) is 11.6 Å². The first-order valence-corrected chi connectivity index (χ1v) is 4.61. The molecule has 74 valence electrons. The first-order valence-electron chi connectivity index (χ1n) is 4.61. The molecule has 4 heteroatoms. The Hall–Kier alpha value is -1.26. The fourth-order valence-corrected chi connectivity index (χ4v) is 1.51. The van der Waals surface area contributed by atoms with Crippen LogP contribution in [0.1, 0.15) is 22.0 Å². The molecule has 0 aliphatic carbocycles. The van der Waals surface area contributed by atoms with Crippen LogP contribution in [0.4, 0.5) is 0 Å². The van der Waals surface area contributed by atoms with Gasteiger partial charge in [0.05, 0.1) is 19.3 Å². The summed E-state index contributed by atoms with van der Waals surface area (Å²) in [4.78, 5) is 14.6. The van der Waals surface area contributed by atoms with Gasteiger partial charge in [0.1, 0.15) is 0 Å². The van der Waals surface area contributed by atoms with Crippen molar-refractivity contribution in [3.63, 3.8) is 0 Å². The number of rotatable bonds is 2. The molecule has 0 spiro atoms. The van der Waals surface area contributed by atoms with Gasteiger partial charge in [0.2, 0.25) is 0 Å². The lowest BCUT2D eigenvalue weighted by Gasteiger charge is -2.23. The van der Waals surface area contributed by atoms with Crippen LogP contribution in [0.5, 0.6) is 0 Å². The third kappa shape index (κ3) is 1.97. The Morgan fingerprint density at radius 3 is 3.21 bits per heavy atom. The Morgan fingerprint density at radius 1 is 1.57 bits per heavy atom. The van der Waals surface area contributed by atoms with Crippen LogP contribution in [0.25, 0.3) is 0 Å². The van der Waals surface area contributed by atoms with Crippen molar-refractivity contribution >= 4 is 6.29 Å². The van der Waals surface area contributed by atoms with Crippen LogP contribution < -0.4 is 5.32 Å². The summed E-state index contributed by atoms with van der Waals surface area (Å²) < 4.78 is 5.33. The Bertz CT molecular complexity index is 322. The molecule has 4 nitrogen and oxygen atoms in total. The number of aromatic nitrogens is 1. The van der Waals surface area contributed by atoms with Gasteiger partial charge in [0.25, 0.3) is 0 Å². The van der Waals surface area contributed by atoms with E-state index < -0.39 is 0 Å². The van der Waals surface area contributed by atoms with E-state index in [0.717, 1.165) is 25.0 Å². The highest BCUT2D eigenvalue weighted by atomic mass is 16.5. The molecule has 1 saturated heterocycles. The summed E-state index contributed by atoms with van der Waals surface area (Å²) in [5.74, 6) is 0. The number of hydrogen-bond donors (Lipinski definition) is 1. The third-order valence-electron chi connectivity index (χ3n) is 2.24. The lowest BCUT2D eigenvalue weighted by Crippen LogP contribution is -2.34. The zero-order chi connectivity index (χ0) is 9.80. The molecule has 1 aliphatic rings. The second-order valence-electron chi connectivity index (χ2n) is 3.25. The number of nitrogens with one attached hydrogen (secondary N) is 1. The zero-order valence-electron chi connectivity index (χ0n) is 7.77. The first-order chi connectivity index (χ1) is 6.90. The van der Waals surface area contributed by atoms with Crippen LogP contribution in [0.15, 0.2) is 18.5 Å². The van der Waals surface area contributed by atoms with Gasteiger partial charge in [-0.2, -0.15) is 0 Å². The number of carbonyl (C=O) groups excluding carboxylic acids is 1. The van der Waals surface area contributed by atoms with E-state index in [4.69, 9.17) is 4.74 Å². The van der Waals surface area contributed by atoms with Crippen molar-refractivity contribution in [2.75, 3.05) is 19.8 Å². The molecule has 0 radical (unpaired) electrons. The van der Waals surface area contributed by atoms with E-state index >= 15 is 0 Å². The molecule has 2 heterocycles. The maximum absolute atomic E-state index is 10.5. The lowest BCUT2D eigenvalue weighted by atomic mass is 10.1. The van der Waals surface area contributed by atoms with Crippen molar-refractivity contribution in [1.82, 2.24) is 10.3 Å².